The fourth-order valence-corrected chi connectivity index (χ4v) is 1.22. The van der Waals surface area contributed by atoms with Crippen molar-refractivity contribution < 1.29 is 14.3 Å². The number of oxazole rings is 1. The van der Waals surface area contributed by atoms with Crippen LogP contribution in [0.5, 0.6) is 0 Å². The number of nitrogens with zero attached hydrogens (tertiary/aromatic N) is 1. The second-order valence-corrected chi connectivity index (χ2v) is 5.30. The predicted octanol–water partition coefficient (Wildman–Crippen LogP) is 1.19. The smallest absolute Gasteiger partial charge is 0.315 e. The van der Waals surface area contributed by atoms with Crippen molar-refractivity contribution >= 4 is 6.03 Å². The van der Waals surface area contributed by atoms with Gasteiger partial charge in [-0.1, -0.05) is 20.8 Å². The van der Waals surface area contributed by atoms with Gasteiger partial charge in [-0.2, -0.15) is 0 Å². The summed E-state index contributed by atoms with van der Waals surface area (Å²) in [7, 11) is 0. The molecule has 1 rings (SSSR count). The van der Waals surface area contributed by atoms with Crippen molar-refractivity contribution in [2.24, 2.45) is 5.41 Å². The second-order valence-electron chi connectivity index (χ2n) is 5.30. The van der Waals surface area contributed by atoms with E-state index in [1.54, 1.807) is 6.92 Å². The SMILES string of the molecule is Cc1ocnc1CNC(=O)NCC(O)C(C)(C)C. The van der Waals surface area contributed by atoms with Crippen LogP contribution >= 0.6 is 0 Å². The number of aliphatic hydroxyl groups is 1. The molecule has 0 radical (unpaired) electrons. The maximum Gasteiger partial charge on any atom is 0.315 e. The van der Waals surface area contributed by atoms with E-state index in [4.69, 9.17) is 4.42 Å². The maximum absolute atomic E-state index is 11.5. The molecule has 1 unspecified atom stereocenters. The van der Waals surface area contributed by atoms with E-state index in [-0.39, 0.29) is 18.0 Å². The highest BCUT2D eigenvalue weighted by Gasteiger charge is 2.22. The average Bonchev–Trinajstić information content (AvgIpc) is 2.67. The van der Waals surface area contributed by atoms with Crippen molar-refractivity contribution in [2.45, 2.75) is 40.3 Å². The van der Waals surface area contributed by atoms with Gasteiger partial charge >= 0.3 is 6.03 Å². The van der Waals surface area contributed by atoms with E-state index in [2.05, 4.69) is 15.6 Å². The lowest BCUT2D eigenvalue weighted by atomic mass is 9.89. The summed E-state index contributed by atoms with van der Waals surface area (Å²) in [6.07, 6.45) is 0.755. The lowest BCUT2D eigenvalue weighted by molar-refractivity contribution is 0.0650. The van der Waals surface area contributed by atoms with Gasteiger partial charge in [0.2, 0.25) is 0 Å². The molecule has 6 nitrogen and oxygen atoms in total. The number of hydrogen-bond donors (Lipinski definition) is 3. The Labute approximate surface area is 107 Å². The van der Waals surface area contributed by atoms with Gasteiger partial charge in [0.05, 0.1) is 12.6 Å². The fourth-order valence-electron chi connectivity index (χ4n) is 1.22. The Morgan fingerprint density at radius 2 is 2.17 bits per heavy atom. The van der Waals surface area contributed by atoms with Crippen LogP contribution in [-0.2, 0) is 6.54 Å². The fraction of sp³-hybridized carbons (Fsp3) is 0.667. The molecule has 0 aromatic carbocycles. The molecule has 0 spiro atoms. The predicted molar refractivity (Wildman–Crippen MR) is 66.9 cm³/mol. The van der Waals surface area contributed by atoms with Crippen LogP contribution in [0.3, 0.4) is 0 Å². The lowest BCUT2D eigenvalue weighted by Gasteiger charge is -2.25. The Morgan fingerprint density at radius 1 is 1.50 bits per heavy atom. The molecule has 0 aliphatic carbocycles. The van der Waals surface area contributed by atoms with Gasteiger partial charge in [-0.25, -0.2) is 9.78 Å². The van der Waals surface area contributed by atoms with Crippen LogP contribution in [0.1, 0.15) is 32.2 Å². The molecule has 1 atom stereocenters. The summed E-state index contributed by atoms with van der Waals surface area (Å²) in [4.78, 5) is 15.5. The number of aromatic nitrogens is 1. The van der Waals surface area contributed by atoms with Gasteiger partial charge in [-0.05, 0) is 12.3 Å². The molecule has 3 N–H and O–H groups in total. The van der Waals surface area contributed by atoms with Gasteiger partial charge in [0, 0.05) is 6.54 Å². The monoisotopic (exact) mass is 255 g/mol. The Morgan fingerprint density at radius 3 is 2.67 bits per heavy atom. The molecule has 0 aliphatic heterocycles. The van der Waals surface area contributed by atoms with Crippen LogP contribution in [0, 0.1) is 12.3 Å². The van der Waals surface area contributed by atoms with Crippen molar-refractivity contribution in [3.8, 4) is 0 Å². The molecule has 1 aromatic rings. The van der Waals surface area contributed by atoms with Crippen LogP contribution in [-0.4, -0.2) is 28.8 Å². The molecule has 0 bridgehead atoms. The molecule has 2 amide bonds. The number of hydrogen-bond acceptors (Lipinski definition) is 4. The summed E-state index contributed by atoms with van der Waals surface area (Å²) in [6, 6.07) is -0.333. The zero-order chi connectivity index (χ0) is 13.8. The molecule has 0 saturated heterocycles. The van der Waals surface area contributed by atoms with Gasteiger partial charge in [0.15, 0.2) is 6.39 Å². The van der Waals surface area contributed by atoms with Crippen LogP contribution < -0.4 is 10.6 Å². The largest absolute Gasteiger partial charge is 0.448 e. The standard InChI is InChI=1S/C12H21N3O3/c1-8-9(15-7-18-8)5-13-11(17)14-6-10(16)12(2,3)4/h7,10,16H,5-6H2,1-4H3,(H2,13,14,17). The molecule has 0 aliphatic rings. The lowest BCUT2D eigenvalue weighted by Crippen LogP contribution is -2.43. The van der Waals surface area contributed by atoms with Gasteiger partial charge in [-0.15, -0.1) is 0 Å². The molecular weight excluding hydrogens is 234 g/mol. The van der Waals surface area contributed by atoms with E-state index in [0.717, 1.165) is 0 Å². The first-order valence-electron chi connectivity index (χ1n) is 5.89. The first-order valence-corrected chi connectivity index (χ1v) is 5.89. The van der Waals surface area contributed by atoms with Crippen molar-refractivity contribution in [3.05, 3.63) is 17.8 Å². The van der Waals surface area contributed by atoms with Crippen molar-refractivity contribution in [1.29, 1.82) is 0 Å². The third-order valence-electron chi connectivity index (χ3n) is 2.72. The van der Waals surface area contributed by atoms with E-state index in [0.29, 0.717) is 18.0 Å². The van der Waals surface area contributed by atoms with Gasteiger partial charge in [0.25, 0.3) is 0 Å². The molecule has 0 saturated carbocycles. The highest BCUT2D eigenvalue weighted by atomic mass is 16.3. The van der Waals surface area contributed by atoms with Crippen LogP contribution in [0.25, 0.3) is 0 Å². The number of amides is 2. The molecule has 0 fully saturated rings. The second kappa shape index (κ2) is 5.86. The van der Waals surface area contributed by atoms with Gasteiger partial charge < -0.3 is 20.2 Å². The number of carbonyl (C=O) groups excluding carboxylic acids is 1. The molecule has 1 heterocycles. The number of carbonyl (C=O) groups is 1. The summed E-state index contributed by atoms with van der Waals surface area (Å²) in [5, 5.41) is 15.0. The quantitative estimate of drug-likeness (QED) is 0.754. The van der Waals surface area contributed by atoms with E-state index in [1.165, 1.54) is 6.39 Å². The van der Waals surface area contributed by atoms with E-state index < -0.39 is 6.10 Å². The summed E-state index contributed by atoms with van der Waals surface area (Å²) in [5.41, 5.74) is 0.442. The first kappa shape index (κ1) is 14.5. The number of aliphatic hydroxyl groups excluding tert-OH is 1. The number of urea groups is 1. The summed E-state index contributed by atoms with van der Waals surface area (Å²) < 4.78 is 5.02. The summed E-state index contributed by atoms with van der Waals surface area (Å²) in [5.74, 6) is 0.685. The Bertz CT molecular complexity index is 396. The third-order valence-corrected chi connectivity index (χ3v) is 2.72. The molecule has 102 valence electrons. The van der Waals surface area contributed by atoms with Crippen molar-refractivity contribution in [1.82, 2.24) is 15.6 Å². The number of aryl methyl sites for hydroxylation is 1. The minimum atomic E-state index is -0.586. The number of nitrogens with one attached hydrogen (secondary N) is 2. The van der Waals surface area contributed by atoms with E-state index >= 15 is 0 Å². The Hall–Kier alpha value is -1.56. The van der Waals surface area contributed by atoms with Crippen molar-refractivity contribution in [2.75, 3.05) is 6.54 Å². The zero-order valence-corrected chi connectivity index (χ0v) is 11.3. The van der Waals surface area contributed by atoms with Crippen molar-refractivity contribution in [3.63, 3.8) is 0 Å². The van der Waals surface area contributed by atoms with Gasteiger partial charge in [0.1, 0.15) is 11.5 Å². The maximum atomic E-state index is 11.5. The van der Waals surface area contributed by atoms with E-state index in [9.17, 15) is 9.90 Å². The number of rotatable bonds is 4. The zero-order valence-electron chi connectivity index (χ0n) is 11.3. The molecular formula is C12H21N3O3. The van der Waals surface area contributed by atoms with Crippen LogP contribution in [0.2, 0.25) is 0 Å². The first-order chi connectivity index (χ1) is 8.30. The summed E-state index contributed by atoms with van der Waals surface area (Å²) in [6.45, 7) is 8.04. The highest BCUT2D eigenvalue weighted by Crippen LogP contribution is 2.17. The van der Waals surface area contributed by atoms with Crippen LogP contribution in [0.4, 0.5) is 4.79 Å². The normalized spacial score (nSPS) is 13.2. The van der Waals surface area contributed by atoms with Crippen LogP contribution in [0.15, 0.2) is 10.8 Å². The summed E-state index contributed by atoms with van der Waals surface area (Å²) >= 11 is 0. The Kier molecular flexibility index (Phi) is 4.72. The minimum absolute atomic E-state index is 0.215. The average molecular weight is 255 g/mol. The molecule has 18 heavy (non-hydrogen) atoms. The molecule has 6 heteroatoms. The third kappa shape index (κ3) is 4.37. The Balaban J connectivity index is 2.29. The topological polar surface area (TPSA) is 87.4 Å². The highest BCUT2D eigenvalue weighted by molar-refractivity contribution is 5.73. The minimum Gasteiger partial charge on any atom is -0.448 e. The van der Waals surface area contributed by atoms with E-state index in [1.807, 2.05) is 20.8 Å². The molecule has 1 aromatic heterocycles. The van der Waals surface area contributed by atoms with Gasteiger partial charge in [-0.3, -0.25) is 0 Å².